The Bertz CT molecular complexity index is 857. The summed E-state index contributed by atoms with van der Waals surface area (Å²) in [5.74, 6) is 0.912. The van der Waals surface area contributed by atoms with Crippen molar-refractivity contribution in [3.05, 3.63) is 56.5 Å². The second kappa shape index (κ2) is 11.1. The number of rotatable bonds is 9. The van der Waals surface area contributed by atoms with Gasteiger partial charge in [-0.1, -0.05) is 48.1 Å². The second-order valence-electron chi connectivity index (χ2n) is 5.92. The summed E-state index contributed by atoms with van der Waals surface area (Å²) in [6.45, 7) is 2.16. The van der Waals surface area contributed by atoms with Crippen LogP contribution in [0, 0.1) is 0 Å². The molecule has 0 atom stereocenters. The lowest BCUT2D eigenvalue weighted by molar-refractivity contribution is -0.121. The molecule has 0 bridgehead atoms. The number of amides is 1. The van der Waals surface area contributed by atoms with Gasteiger partial charge in [-0.2, -0.15) is 5.10 Å². The third-order valence-corrected chi connectivity index (χ3v) is 5.06. The first-order chi connectivity index (χ1) is 13.5. The minimum Gasteiger partial charge on any atom is -0.493 e. The number of nitrogens with one attached hydrogen (secondary N) is 1. The fourth-order valence-electron chi connectivity index (χ4n) is 2.31. The minimum atomic E-state index is -0.111. The average Bonchev–Trinajstić information content (AvgIpc) is 2.69. The van der Waals surface area contributed by atoms with Crippen LogP contribution in [0.15, 0.2) is 35.4 Å². The zero-order valence-corrected chi connectivity index (χ0v) is 17.9. The zero-order chi connectivity index (χ0) is 20.5. The molecule has 0 radical (unpaired) electrons. The molecule has 0 aromatic heterocycles. The lowest BCUT2D eigenvalue weighted by atomic mass is 10.2. The molecule has 8 heteroatoms. The Balaban J connectivity index is 2.05. The van der Waals surface area contributed by atoms with Gasteiger partial charge in [0.05, 0.1) is 23.4 Å². The molecule has 2 aromatic rings. The van der Waals surface area contributed by atoms with Gasteiger partial charge in [-0.3, -0.25) is 4.79 Å². The summed E-state index contributed by atoms with van der Waals surface area (Å²) in [5, 5.41) is 5.19. The van der Waals surface area contributed by atoms with Crippen molar-refractivity contribution >= 4 is 46.9 Å². The smallest absolute Gasteiger partial charge is 0.240 e. The molecule has 5 nitrogen and oxygen atoms in total. The highest BCUT2D eigenvalue weighted by Crippen LogP contribution is 2.34. The van der Waals surface area contributed by atoms with E-state index in [2.05, 4.69) is 10.5 Å². The predicted octanol–water partition coefficient (Wildman–Crippen LogP) is 5.87. The van der Waals surface area contributed by atoms with Crippen molar-refractivity contribution in [1.29, 1.82) is 0 Å². The van der Waals surface area contributed by atoms with Crippen LogP contribution in [0.1, 0.15) is 37.3 Å². The molecule has 0 aliphatic rings. The molecule has 0 spiro atoms. The number of carbonyl (C=O) groups excluding carboxylic acids is 1. The van der Waals surface area contributed by atoms with E-state index in [9.17, 15) is 4.79 Å². The predicted molar refractivity (Wildman–Crippen MR) is 114 cm³/mol. The van der Waals surface area contributed by atoms with Crippen molar-refractivity contribution in [2.24, 2.45) is 5.10 Å². The van der Waals surface area contributed by atoms with Crippen molar-refractivity contribution < 1.29 is 14.3 Å². The van der Waals surface area contributed by atoms with E-state index in [4.69, 9.17) is 44.3 Å². The molecule has 2 aromatic carbocycles. The largest absolute Gasteiger partial charge is 0.493 e. The summed E-state index contributed by atoms with van der Waals surface area (Å²) < 4.78 is 11.2. The van der Waals surface area contributed by atoms with Gasteiger partial charge >= 0.3 is 0 Å². The van der Waals surface area contributed by atoms with Crippen LogP contribution in [0.5, 0.6) is 11.5 Å². The Labute approximate surface area is 179 Å². The summed E-state index contributed by atoms with van der Waals surface area (Å²) in [4.78, 5) is 11.6. The molecule has 28 heavy (non-hydrogen) atoms. The molecule has 0 fully saturated rings. The summed E-state index contributed by atoms with van der Waals surface area (Å²) in [6.07, 6.45) is 3.79. The fraction of sp³-hybridized carbons (Fsp3) is 0.300. The maximum absolute atomic E-state index is 11.6. The lowest BCUT2D eigenvalue weighted by Crippen LogP contribution is -2.16. The third-order valence-electron chi connectivity index (χ3n) is 3.86. The van der Waals surface area contributed by atoms with E-state index in [0.717, 1.165) is 18.4 Å². The van der Waals surface area contributed by atoms with E-state index >= 15 is 0 Å². The maximum atomic E-state index is 11.6. The normalized spacial score (nSPS) is 10.9. The Morgan fingerprint density at radius 1 is 1.14 bits per heavy atom. The van der Waals surface area contributed by atoms with E-state index < -0.39 is 0 Å². The van der Waals surface area contributed by atoms with E-state index in [0.29, 0.717) is 38.6 Å². The highest BCUT2D eigenvalue weighted by atomic mass is 35.5. The summed E-state index contributed by atoms with van der Waals surface area (Å²) in [7, 11) is 1.54. The van der Waals surface area contributed by atoms with E-state index in [-0.39, 0.29) is 12.5 Å². The minimum absolute atomic E-state index is 0.111. The maximum Gasteiger partial charge on any atom is 0.240 e. The number of methoxy groups -OCH3 is 1. The fourth-order valence-corrected chi connectivity index (χ4v) is 2.96. The highest BCUT2D eigenvalue weighted by Gasteiger charge is 2.12. The van der Waals surface area contributed by atoms with Crippen LogP contribution in [-0.2, 0) is 11.4 Å². The van der Waals surface area contributed by atoms with Gasteiger partial charge in [-0.25, -0.2) is 5.43 Å². The number of benzene rings is 2. The average molecular weight is 444 g/mol. The molecule has 2 rings (SSSR count). The van der Waals surface area contributed by atoms with Gasteiger partial charge in [0.1, 0.15) is 6.61 Å². The van der Waals surface area contributed by atoms with Crippen molar-refractivity contribution in [2.75, 3.05) is 7.11 Å². The van der Waals surface area contributed by atoms with Gasteiger partial charge in [0.25, 0.3) is 0 Å². The van der Waals surface area contributed by atoms with Crippen molar-refractivity contribution in [3.63, 3.8) is 0 Å². The van der Waals surface area contributed by atoms with E-state index in [1.54, 1.807) is 36.5 Å². The molecule has 1 amide bonds. The Morgan fingerprint density at radius 2 is 1.89 bits per heavy atom. The Morgan fingerprint density at radius 3 is 2.61 bits per heavy atom. The molecule has 1 N–H and O–H groups in total. The SMILES string of the molecule is CCCCC(=O)N/N=C/c1ccc(OCc2c(Cl)ccc(Cl)c2Cl)c(OC)c1. The van der Waals surface area contributed by atoms with Crippen LogP contribution in [0.25, 0.3) is 0 Å². The Hall–Kier alpha value is -1.95. The molecule has 0 saturated carbocycles. The molecule has 0 aliphatic carbocycles. The van der Waals surface area contributed by atoms with Crippen molar-refractivity contribution in [1.82, 2.24) is 5.43 Å². The molecule has 0 aliphatic heterocycles. The van der Waals surface area contributed by atoms with Crippen LogP contribution in [-0.4, -0.2) is 19.2 Å². The van der Waals surface area contributed by atoms with Gasteiger partial charge < -0.3 is 9.47 Å². The number of halogens is 3. The summed E-state index contributed by atoms with van der Waals surface area (Å²) in [5.41, 5.74) is 3.84. The molecule has 0 heterocycles. The summed E-state index contributed by atoms with van der Waals surface area (Å²) in [6, 6.07) is 8.58. The van der Waals surface area contributed by atoms with E-state index in [1.807, 2.05) is 6.92 Å². The molecule has 0 unspecified atom stereocenters. The number of hydrazone groups is 1. The number of nitrogens with zero attached hydrogens (tertiary/aromatic N) is 1. The van der Waals surface area contributed by atoms with Gasteiger partial charge in [0, 0.05) is 17.0 Å². The lowest BCUT2D eigenvalue weighted by Gasteiger charge is -2.13. The van der Waals surface area contributed by atoms with Gasteiger partial charge in [0.15, 0.2) is 11.5 Å². The monoisotopic (exact) mass is 442 g/mol. The topological polar surface area (TPSA) is 59.9 Å². The summed E-state index contributed by atoms with van der Waals surface area (Å²) >= 11 is 18.4. The first-order valence-electron chi connectivity index (χ1n) is 8.71. The highest BCUT2D eigenvalue weighted by molar-refractivity contribution is 6.44. The van der Waals surface area contributed by atoms with Crippen molar-refractivity contribution in [3.8, 4) is 11.5 Å². The number of unbranched alkanes of at least 4 members (excludes halogenated alkanes) is 1. The van der Waals surface area contributed by atoms with Crippen LogP contribution < -0.4 is 14.9 Å². The number of hydrogen-bond acceptors (Lipinski definition) is 4. The van der Waals surface area contributed by atoms with Gasteiger partial charge in [-0.15, -0.1) is 0 Å². The standard InChI is InChI=1S/C20H21Cl3N2O3/c1-3-4-5-19(26)25-24-11-13-6-9-17(18(10-13)27-2)28-12-14-15(21)7-8-16(22)20(14)23/h6-11H,3-5,12H2,1-2H3,(H,25,26)/b24-11+. The molecule has 150 valence electrons. The number of ether oxygens (including phenoxy) is 2. The molecule has 0 saturated heterocycles. The van der Waals surface area contributed by atoms with Crippen molar-refractivity contribution in [2.45, 2.75) is 32.8 Å². The van der Waals surface area contributed by atoms with Gasteiger partial charge in [-0.05, 0) is 42.3 Å². The number of carbonyl (C=O) groups is 1. The van der Waals surface area contributed by atoms with Crippen LogP contribution in [0.3, 0.4) is 0 Å². The van der Waals surface area contributed by atoms with Crippen LogP contribution >= 0.6 is 34.8 Å². The Kier molecular flexibility index (Phi) is 8.90. The van der Waals surface area contributed by atoms with E-state index in [1.165, 1.54) is 7.11 Å². The molecular formula is C20H21Cl3N2O3. The first kappa shape index (κ1) is 22.3. The first-order valence-corrected chi connectivity index (χ1v) is 9.84. The quantitative estimate of drug-likeness (QED) is 0.299. The number of hydrogen-bond donors (Lipinski definition) is 1. The van der Waals surface area contributed by atoms with Crippen LogP contribution in [0.2, 0.25) is 15.1 Å². The third kappa shape index (κ3) is 6.30. The zero-order valence-electron chi connectivity index (χ0n) is 15.6. The van der Waals surface area contributed by atoms with Gasteiger partial charge in [0.2, 0.25) is 5.91 Å². The molecular weight excluding hydrogens is 423 g/mol. The second-order valence-corrected chi connectivity index (χ2v) is 7.11. The van der Waals surface area contributed by atoms with Crippen LogP contribution in [0.4, 0.5) is 0 Å².